The first-order valence-corrected chi connectivity index (χ1v) is 7.52. The molecule has 1 heterocycles. The number of ether oxygens (including phenoxy) is 1. The molecule has 22 heavy (non-hydrogen) atoms. The molecule has 0 bridgehead atoms. The van der Waals surface area contributed by atoms with Gasteiger partial charge in [-0.15, -0.1) is 13.2 Å². The number of hydrogen-bond acceptors (Lipinski definition) is 2. The van der Waals surface area contributed by atoms with E-state index in [0.717, 1.165) is 12.8 Å². The second kappa shape index (κ2) is 5.91. The molecule has 0 unspecified atom stereocenters. The van der Waals surface area contributed by atoms with E-state index in [1.54, 1.807) is 4.90 Å². The lowest BCUT2D eigenvalue weighted by molar-refractivity contribution is -0.345. The molecule has 0 aromatic heterocycles. The molecule has 3 rings (SSSR count). The molecule has 1 aliphatic heterocycles. The van der Waals surface area contributed by atoms with Crippen molar-refractivity contribution in [1.29, 1.82) is 0 Å². The summed E-state index contributed by atoms with van der Waals surface area (Å²) in [6.45, 7) is 0.679. The Morgan fingerprint density at radius 3 is 2.14 bits per heavy atom. The summed E-state index contributed by atoms with van der Waals surface area (Å²) in [5, 5.41) is 0. The van der Waals surface area contributed by atoms with Gasteiger partial charge in [0.2, 0.25) is 5.91 Å². The monoisotopic (exact) mass is 313 g/mol. The molecule has 0 radical (unpaired) electrons. The van der Waals surface area contributed by atoms with E-state index in [-0.39, 0.29) is 24.7 Å². The molecule has 3 nitrogen and oxygen atoms in total. The van der Waals surface area contributed by atoms with Crippen LogP contribution in [0.4, 0.5) is 13.2 Å². The lowest BCUT2D eigenvalue weighted by Gasteiger charge is -2.33. The van der Waals surface area contributed by atoms with E-state index in [2.05, 4.69) is 4.74 Å². The topological polar surface area (TPSA) is 29.5 Å². The molecule has 0 spiro atoms. The summed E-state index contributed by atoms with van der Waals surface area (Å²) in [4.78, 5) is 14.2. The predicted octanol–water partition coefficient (Wildman–Crippen LogP) is 2.93. The van der Waals surface area contributed by atoms with Gasteiger partial charge >= 0.3 is 6.36 Å². The van der Waals surface area contributed by atoms with Crippen LogP contribution in [0.15, 0.2) is 24.3 Å². The smallest absolute Gasteiger partial charge is 0.342 e. The molecule has 0 saturated carbocycles. The van der Waals surface area contributed by atoms with Gasteiger partial charge in [0.1, 0.15) is 0 Å². The normalized spacial score (nSPS) is 20.2. The van der Waals surface area contributed by atoms with E-state index < -0.39 is 12.5 Å². The zero-order valence-corrected chi connectivity index (χ0v) is 12.1. The minimum absolute atomic E-state index is 0.0571. The number of carbonyl (C=O) groups excluding carboxylic acids is 1. The van der Waals surface area contributed by atoms with Crippen LogP contribution < -0.4 is 0 Å². The van der Waals surface area contributed by atoms with Gasteiger partial charge in [-0.3, -0.25) is 9.53 Å². The zero-order valence-electron chi connectivity index (χ0n) is 12.1. The summed E-state index contributed by atoms with van der Waals surface area (Å²) in [6, 6.07) is 8.00. The lowest BCUT2D eigenvalue weighted by Crippen LogP contribution is -2.44. The molecule has 1 saturated heterocycles. The van der Waals surface area contributed by atoms with Crippen molar-refractivity contribution in [2.24, 2.45) is 5.92 Å². The number of alkyl halides is 3. The van der Waals surface area contributed by atoms with Crippen molar-refractivity contribution in [1.82, 2.24) is 4.90 Å². The highest BCUT2D eigenvalue weighted by atomic mass is 19.4. The lowest BCUT2D eigenvalue weighted by atomic mass is 10.0. The van der Waals surface area contributed by atoms with Gasteiger partial charge in [0.25, 0.3) is 0 Å². The Labute approximate surface area is 127 Å². The number of likely N-dealkylation sites (tertiary alicyclic amines) is 1. The van der Waals surface area contributed by atoms with E-state index in [0.29, 0.717) is 13.1 Å². The minimum atomic E-state index is -4.59. The molecule has 6 heteroatoms. The van der Waals surface area contributed by atoms with Gasteiger partial charge in [-0.25, -0.2) is 0 Å². The van der Waals surface area contributed by atoms with E-state index in [4.69, 9.17) is 0 Å². The molecule has 120 valence electrons. The third-order valence-electron chi connectivity index (χ3n) is 4.45. The Hall–Kier alpha value is -1.56. The number of amides is 1. The van der Waals surface area contributed by atoms with E-state index in [1.165, 1.54) is 11.1 Å². The first-order chi connectivity index (χ1) is 10.4. The van der Waals surface area contributed by atoms with Crippen LogP contribution in [-0.2, 0) is 22.4 Å². The maximum Gasteiger partial charge on any atom is 0.522 e. The van der Waals surface area contributed by atoms with Crippen molar-refractivity contribution in [2.45, 2.75) is 38.1 Å². The van der Waals surface area contributed by atoms with Gasteiger partial charge < -0.3 is 4.90 Å². The summed E-state index contributed by atoms with van der Waals surface area (Å²) >= 11 is 0. The molecule has 1 aliphatic carbocycles. The fourth-order valence-corrected chi connectivity index (χ4v) is 3.37. The van der Waals surface area contributed by atoms with Crippen LogP contribution in [0.1, 0.15) is 24.0 Å². The standard InChI is InChI=1S/C16H18F3NO2/c17-16(18,19)22-14-5-7-20(8-6-14)15(21)13-9-11-3-1-2-4-12(11)10-13/h1-4,13-14H,5-10H2. The summed E-state index contributed by atoms with van der Waals surface area (Å²) in [5.74, 6) is -0.0147. The fraction of sp³-hybridized carbons (Fsp3) is 0.562. The van der Waals surface area contributed by atoms with Gasteiger partial charge in [-0.2, -0.15) is 0 Å². The molecule has 1 aromatic carbocycles. The van der Waals surface area contributed by atoms with Gasteiger partial charge in [0, 0.05) is 19.0 Å². The Bertz CT molecular complexity index is 526. The van der Waals surface area contributed by atoms with Crippen molar-refractivity contribution in [3.63, 3.8) is 0 Å². The number of rotatable bonds is 2. The number of piperidine rings is 1. The molecule has 2 aliphatic rings. The maximum atomic E-state index is 12.5. The molecule has 1 aromatic rings. The maximum absolute atomic E-state index is 12.5. The number of fused-ring (bicyclic) bond motifs is 1. The fourth-order valence-electron chi connectivity index (χ4n) is 3.37. The second-order valence-electron chi connectivity index (χ2n) is 5.96. The quantitative estimate of drug-likeness (QED) is 0.840. The number of nitrogens with zero attached hydrogens (tertiary/aromatic N) is 1. The van der Waals surface area contributed by atoms with Gasteiger partial charge in [0.15, 0.2) is 0 Å². The van der Waals surface area contributed by atoms with Crippen molar-refractivity contribution in [3.8, 4) is 0 Å². The highest BCUT2D eigenvalue weighted by Crippen LogP contribution is 2.30. The average molecular weight is 313 g/mol. The Morgan fingerprint density at radius 1 is 1.09 bits per heavy atom. The third kappa shape index (κ3) is 3.43. The number of hydrogen-bond donors (Lipinski definition) is 0. The van der Waals surface area contributed by atoms with Crippen molar-refractivity contribution >= 4 is 5.91 Å². The van der Waals surface area contributed by atoms with Crippen LogP contribution in [0.2, 0.25) is 0 Å². The Balaban J connectivity index is 1.53. The van der Waals surface area contributed by atoms with Gasteiger partial charge in [-0.05, 0) is 36.8 Å². The summed E-state index contributed by atoms with van der Waals surface area (Å²) in [5.41, 5.74) is 2.41. The molecule has 0 atom stereocenters. The molecular formula is C16H18F3NO2. The van der Waals surface area contributed by atoms with E-state index in [9.17, 15) is 18.0 Å². The van der Waals surface area contributed by atoms with Crippen molar-refractivity contribution in [2.75, 3.05) is 13.1 Å². The summed E-state index contributed by atoms with van der Waals surface area (Å²) in [7, 11) is 0. The van der Waals surface area contributed by atoms with Crippen LogP contribution in [0.25, 0.3) is 0 Å². The highest BCUT2D eigenvalue weighted by molar-refractivity contribution is 5.80. The van der Waals surface area contributed by atoms with Crippen LogP contribution in [0.3, 0.4) is 0 Å². The van der Waals surface area contributed by atoms with Crippen LogP contribution in [-0.4, -0.2) is 36.4 Å². The molecular weight excluding hydrogens is 295 g/mol. The number of halogens is 3. The van der Waals surface area contributed by atoms with Gasteiger partial charge in [-0.1, -0.05) is 24.3 Å². The minimum Gasteiger partial charge on any atom is -0.342 e. The van der Waals surface area contributed by atoms with Crippen molar-refractivity contribution in [3.05, 3.63) is 35.4 Å². The first kappa shape index (κ1) is 15.3. The van der Waals surface area contributed by atoms with E-state index in [1.807, 2.05) is 24.3 Å². The number of benzene rings is 1. The van der Waals surface area contributed by atoms with Crippen LogP contribution >= 0.6 is 0 Å². The van der Waals surface area contributed by atoms with Crippen LogP contribution in [0, 0.1) is 5.92 Å². The Morgan fingerprint density at radius 2 is 1.64 bits per heavy atom. The largest absolute Gasteiger partial charge is 0.522 e. The first-order valence-electron chi connectivity index (χ1n) is 7.52. The summed E-state index contributed by atoms with van der Waals surface area (Å²) in [6.07, 6.45) is -3.48. The highest BCUT2D eigenvalue weighted by Gasteiger charge is 2.37. The number of carbonyl (C=O) groups is 1. The predicted molar refractivity (Wildman–Crippen MR) is 74.1 cm³/mol. The molecule has 1 fully saturated rings. The summed E-state index contributed by atoms with van der Waals surface area (Å²) < 4.78 is 40.6. The average Bonchev–Trinajstić information content (AvgIpc) is 2.89. The van der Waals surface area contributed by atoms with Gasteiger partial charge in [0.05, 0.1) is 6.10 Å². The second-order valence-corrected chi connectivity index (χ2v) is 5.96. The molecule has 1 amide bonds. The van der Waals surface area contributed by atoms with E-state index >= 15 is 0 Å². The zero-order chi connectivity index (χ0) is 15.7. The molecule has 0 N–H and O–H groups in total. The van der Waals surface area contributed by atoms with Crippen LogP contribution in [0.5, 0.6) is 0 Å². The van der Waals surface area contributed by atoms with Crippen molar-refractivity contribution < 1.29 is 22.7 Å². The Kier molecular flexibility index (Phi) is 4.12. The SMILES string of the molecule is O=C(C1Cc2ccccc2C1)N1CCC(OC(F)(F)F)CC1. The third-order valence-corrected chi connectivity index (χ3v) is 4.45.